The zero-order chi connectivity index (χ0) is 16.3. The normalized spacial score (nSPS) is 16.6. The van der Waals surface area contributed by atoms with Crippen molar-refractivity contribution in [3.8, 4) is 0 Å². The molecule has 0 spiro atoms. The van der Waals surface area contributed by atoms with Gasteiger partial charge in [0.25, 0.3) is 0 Å². The Balaban J connectivity index is 1.91. The molecule has 1 aliphatic rings. The maximum Gasteiger partial charge on any atom is 0.410 e. The summed E-state index contributed by atoms with van der Waals surface area (Å²) in [5.41, 5.74) is 0.197. The Morgan fingerprint density at radius 3 is 2.50 bits per heavy atom. The smallest absolute Gasteiger partial charge is 0.410 e. The molecule has 1 fully saturated rings. The van der Waals surface area contributed by atoms with Crippen LogP contribution in [0.2, 0.25) is 0 Å². The summed E-state index contributed by atoms with van der Waals surface area (Å²) in [5, 5.41) is 4.30. The molecule has 1 aromatic heterocycles. The average molecular weight is 307 g/mol. The fraction of sp³-hybridized carbons (Fsp3) is 0.688. The van der Waals surface area contributed by atoms with Crippen LogP contribution < -0.4 is 0 Å². The van der Waals surface area contributed by atoms with E-state index in [4.69, 9.17) is 4.74 Å². The lowest BCUT2D eigenvalue weighted by Gasteiger charge is -2.33. The van der Waals surface area contributed by atoms with Gasteiger partial charge >= 0.3 is 6.09 Å². The molecule has 1 aliphatic heterocycles. The highest BCUT2D eigenvalue weighted by Crippen LogP contribution is 2.23. The number of hydrogen-bond donors (Lipinski definition) is 0. The van der Waals surface area contributed by atoms with Gasteiger partial charge in [-0.3, -0.25) is 9.48 Å². The third-order valence-corrected chi connectivity index (χ3v) is 3.73. The molecule has 2 rings (SSSR count). The van der Waals surface area contributed by atoms with Crippen LogP contribution in [-0.2, 0) is 4.74 Å². The van der Waals surface area contributed by atoms with Crippen molar-refractivity contribution in [2.75, 3.05) is 13.1 Å². The highest BCUT2D eigenvalue weighted by Gasteiger charge is 2.28. The van der Waals surface area contributed by atoms with Gasteiger partial charge < -0.3 is 9.64 Å². The lowest BCUT2D eigenvalue weighted by Crippen LogP contribution is -2.42. The maximum atomic E-state index is 12.0. The molecule has 0 unspecified atom stereocenters. The number of nitrogens with zero attached hydrogens (tertiary/aromatic N) is 3. The number of ether oxygens (including phenoxy) is 1. The largest absolute Gasteiger partial charge is 0.444 e. The Bertz CT molecular complexity index is 537. The van der Waals surface area contributed by atoms with Gasteiger partial charge in [-0.15, -0.1) is 0 Å². The Hall–Kier alpha value is -1.85. The zero-order valence-electron chi connectivity index (χ0n) is 13.8. The lowest BCUT2D eigenvalue weighted by molar-refractivity contribution is 0.0185. The predicted molar refractivity (Wildman–Crippen MR) is 82.9 cm³/mol. The second-order valence-electron chi connectivity index (χ2n) is 6.68. The number of piperidine rings is 1. The van der Waals surface area contributed by atoms with Gasteiger partial charge in [0.2, 0.25) is 0 Å². The number of amides is 1. The number of Topliss-reactive ketones (excluding diaryl/α,β-unsaturated/α-hetero) is 1. The fourth-order valence-electron chi connectivity index (χ4n) is 2.53. The first-order chi connectivity index (χ1) is 10.3. The Kier molecular flexibility index (Phi) is 4.88. The second kappa shape index (κ2) is 6.50. The Morgan fingerprint density at radius 1 is 1.32 bits per heavy atom. The van der Waals surface area contributed by atoms with Gasteiger partial charge in [-0.05, 0) is 33.6 Å². The van der Waals surface area contributed by atoms with Crippen molar-refractivity contribution in [2.45, 2.75) is 58.6 Å². The zero-order valence-corrected chi connectivity index (χ0v) is 13.8. The molecule has 122 valence electrons. The van der Waals surface area contributed by atoms with Gasteiger partial charge in [0.05, 0.1) is 17.8 Å². The molecule has 0 aromatic carbocycles. The third kappa shape index (κ3) is 4.08. The van der Waals surface area contributed by atoms with Crippen LogP contribution in [0.3, 0.4) is 0 Å². The van der Waals surface area contributed by atoms with E-state index in [0.717, 1.165) is 12.8 Å². The number of carbonyl (C=O) groups is 2. The SMILES string of the molecule is CCC(=O)c1cnn(C2CCN(C(=O)OC(C)(C)C)CC2)c1. The van der Waals surface area contributed by atoms with Gasteiger partial charge in [0, 0.05) is 25.7 Å². The molecule has 22 heavy (non-hydrogen) atoms. The molecule has 1 amide bonds. The molecule has 6 nitrogen and oxygen atoms in total. The van der Waals surface area contributed by atoms with E-state index < -0.39 is 5.60 Å². The highest BCUT2D eigenvalue weighted by atomic mass is 16.6. The summed E-state index contributed by atoms with van der Waals surface area (Å²) in [6.07, 6.45) is 5.32. The molecule has 0 radical (unpaired) electrons. The van der Waals surface area contributed by atoms with Gasteiger partial charge in [-0.1, -0.05) is 6.92 Å². The molecule has 0 aliphatic carbocycles. The molecule has 0 bridgehead atoms. The molecule has 1 saturated heterocycles. The molecular weight excluding hydrogens is 282 g/mol. The molecule has 0 N–H and O–H groups in total. The van der Waals surface area contributed by atoms with Crippen LogP contribution in [0, 0.1) is 0 Å². The van der Waals surface area contributed by atoms with Crippen LogP contribution in [0.4, 0.5) is 4.79 Å². The molecule has 6 heteroatoms. The minimum absolute atomic E-state index is 0.109. The summed E-state index contributed by atoms with van der Waals surface area (Å²) in [6.45, 7) is 8.75. The van der Waals surface area contributed by atoms with Gasteiger partial charge in [0.1, 0.15) is 5.60 Å². The van der Waals surface area contributed by atoms with E-state index in [-0.39, 0.29) is 17.9 Å². The summed E-state index contributed by atoms with van der Waals surface area (Å²) in [5.74, 6) is 0.109. The molecular formula is C16H25N3O3. The minimum Gasteiger partial charge on any atom is -0.444 e. The van der Waals surface area contributed by atoms with E-state index in [0.29, 0.717) is 25.1 Å². The standard InChI is InChI=1S/C16H25N3O3/c1-5-14(20)12-10-17-19(11-12)13-6-8-18(9-7-13)15(21)22-16(2,3)4/h10-11,13H,5-9H2,1-4H3. The van der Waals surface area contributed by atoms with E-state index in [1.807, 2.05) is 38.6 Å². The summed E-state index contributed by atoms with van der Waals surface area (Å²) in [6, 6.07) is 0.233. The van der Waals surface area contributed by atoms with Crippen LogP contribution in [0.15, 0.2) is 12.4 Å². The lowest BCUT2D eigenvalue weighted by atomic mass is 10.1. The summed E-state index contributed by atoms with van der Waals surface area (Å²) < 4.78 is 7.24. The van der Waals surface area contributed by atoms with Crippen molar-refractivity contribution in [1.29, 1.82) is 0 Å². The summed E-state index contributed by atoms with van der Waals surface area (Å²) >= 11 is 0. The Labute approximate surface area is 131 Å². The van der Waals surface area contributed by atoms with E-state index in [9.17, 15) is 9.59 Å². The summed E-state index contributed by atoms with van der Waals surface area (Å²) in [7, 11) is 0. The number of carbonyl (C=O) groups excluding carboxylic acids is 2. The summed E-state index contributed by atoms with van der Waals surface area (Å²) in [4.78, 5) is 25.4. The number of likely N-dealkylation sites (tertiary alicyclic amines) is 1. The first kappa shape index (κ1) is 16.5. The topological polar surface area (TPSA) is 64.4 Å². The number of ketones is 1. The maximum absolute atomic E-state index is 12.0. The quantitative estimate of drug-likeness (QED) is 0.805. The number of aromatic nitrogens is 2. The number of rotatable bonds is 3. The second-order valence-corrected chi connectivity index (χ2v) is 6.68. The van der Waals surface area contributed by atoms with Crippen molar-refractivity contribution < 1.29 is 14.3 Å². The van der Waals surface area contributed by atoms with Crippen LogP contribution in [0.1, 0.15) is 63.4 Å². The van der Waals surface area contributed by atoms with E-state index in [2.05, 4.69) is 5.10 Å². The molecule has 0 atom stereocenters. The van der Waals surface area contributed by atoms with E-state index in [1.165, 1.54) is 0 Å². The van der Waals surface area contributed by atoms with Crippen LogP contribution in [-0.4, -0.2) is 45.2 Å². The molecule has 1 aromatic rings. The average Bonchev–Trinajstić information content (AvgIpc) is 2.94. The Morgan fingerprint density at radius 2 is 1.95 bits per heavy atom. The molecule has 2 heterocycles. The van der Waals surface area contributed by atoms with Gasteiger partial charge in [-0.2, -0.15) is 5.10 Å². The van der Waals surface area contributed by atoms with Crippen LogP contribution in [0.25, 0.3) is 0 Å². The fourth-order valence-corrected chi connectivity index (χ4v) is 2.53. The highest BCUT2D eigenvalue weighted by molar-refractivity contribution is 5.95. The minimum atomic E-state index is -0.467. The first-order valence-electron chi connectivity index (χ1n) is 7.85. The van der Waals surface area contributed by atoms with Crippen molar-refractivity contribution in [3.05, 3.63) is 18.0 Å². The van der Waals surface area contributed by atoms with Crippen LogP contribution in [0.5, 0.6) is 0 Å². The first-order valence-corrected chi connectivity index (χ1v) is 7.85. The van der Waals surface area contributed by atoms with Gasteiger partial charge in [-0.25, -0.2) is 4.79 Å². The monoisotopic (exact) mass is 307 g/mol. The van der Waals surface area contributed by atoms with Gasteiger partial charge in [0.15, 0.2) is 5.78 Å². The van der Waals surface area contributed by atoms with E-state index in [1.54, 1.807) is 11.1 Å². The predicted octanol–water partition coefficient (Wildman–Crippen LogP) is 3.05. The number of hydrogen-bond acceptors (Lipinski definition) is 4. The van der Waals surface area contributed by atoms with Crippen molar-refractivity contribution in [2.24, 2.45) is 0 Å². The van der Waals surface area contributed by atoms with E-state index >= 15 is 0 Å². The van der Waals surface area contributed by atoms with Crippen molar-refractivity contribution >= 4 is 11.9 Å². The van der Waals surface area contributed by atoms with Crippen LogP contribution >= 0.6 is 0 Å². The third-order valence-electron chi connectivity index (χ3n) is 3.73. The van der Waals surface area contributed by atoms with Crippen molar-refractivity contribution in [3.63, 3.8) is 0 Å². The van der Waals surface area contributed by atoms with Crippen molar-refractivity contribution in [1.82, 2.24) is 14.7 Å². The molecule has 0 saturated carbocycles.